The molecular weight excluding hydrogens is 437 g/mol. The van der Waals surface area contributed by atoms with Crippen LogP contribution in [-0.2, 0) is 10.9 Å². The van der Waals surface area contributed by atoms with Gasteiger partial charge in [0.2, 0.25) is 0 Å². The number of halogens is 3. The number of rotatable bonds is 4. The number of nitro groups is 1. The van der Waals surface area contributed by atoms with Crippen molar-refractivity contribution in [1.82, 2.24) is 5.32 Å². The second kappa shape index (κ2) is 9.27. The number of thiocarbonyl (C=S) groups is 1. The van der Waals surface area contributed by atoms with E-state index in [-0.39, 0.29) is 16.4 Å². The van der Waals surface area contributed by atoms with Gasteiger partial charge in [0.15, 0.2) is 5.11 Å². The summed E-state index contributed by atoms with van der Waals surface area (Å²) in [6.45, 7) is 1.77. The number of ether oxygens (including phenoxy) is 1. The molecule has 0 unspecified atom stereocenters. The zero-order chi connectivity index (χ0) is 22.6. The van der Waals surface area contributed by atoms with E-state index in [0.29, 0.717) is 32.0 Å². The molecule has 1 fully saturated rings. The largest absolute Gasteiger partial charge is 0.416 e. The molecule has 1 aliphatic rings. The van der Waals surface area contributed by atoms with Crippen molar-refractivity contribution in [2.24, 2.45) is 0 Å². The molecule has 2 N–H and O–H groups in total. The zero-order valence-corrected chi connectivity index (χ0v) is 16.8. The quantitative estimate of drug-likeness (QED) is 0.414. The van der Waals surface area contributed by atoms with Crippen molar-refractivity contribution in [1.29, 1.82) is 0 Å². The van der Waals surface area contributed by atoms with Crippen LogP contribution in [0.2, 0.25) is 0 Å². The van der Waals surface area contributed by atoms with Crippen LogP contribution in [0.5, 0.6) is 0 Å². The van der Waals surface area contributed by atoms with Crippen LogP contribution in [0, 0.1) is 10.1 Å². The van der Waals surface area contributed by atoms with E-state index in [4.69, 9.17) is 17.0 Å². The highest BCUT2D eigenvalue weighted by Crippen LogP contribution is 2.35. The minimum absolute atomic E-state index is 0.0459. The van der Waals surface area contributed by atoms with Gasteiger partial charge in [-0.1, -0.05) is 12.1 Å². The Balaban J connectivity index is 1.84. The van der Waals surface area contributed by atoms with Crippen molar-refractivity contribution in [3.8, 4) is 0 Å². The maximum absolute atomic E-state index is 13.2. The summed E-state index contributed by atoms with van der Waals surface area (Å²) >= 11 is 5.08. The van der Waals surface area contributed by atoms with Crippen molar-refractivity contribution in [2.75, 3.05) is 36.5 Å². The first kappa shape index (κ1) is 22.4. The number of amides is 1. The highest BCUT2D eigenvalue weighted by molar-refractivity contribution is 7.80. The molecule has 0 saturated carbocycles. The first-order valence-electron chi connectivity index (χ1n) is 9.06. The lowest BCUT2D eigenvalue weighted by Gasteiger charge is -2.31. The van der Waals surface area contributed by atoms with E-state index in [9.17, 15) is 28.1 Å². The molecule has 164 valence electrons. The normalized spacial score (nSPS) is 14.1. The highest BCUT2D eigenvalue weighted by atomic mass is 32.1. The molecule has 0 aromatic heterocycles. The van der Waals surface area contributed by atoms with Crippen molar-refractivity contribution in [2.45, 2.75) is 6.18 Å². The van der Waals surface area contributed by atoms with Crippen LogP contribution in [-0.4, -0.2) is 42.2 Å². The minimum atomic E-state index is -4.57. The molecule has 0 atom stereocenters. The van der Waals surface area contributed by atoms with Gasteiger partial charge in [-0.3, -0.25) is 20.2 Å². The topological polar surface area (TPSA) is 96.7 Å². The monoisotopic (exact) mass is 454 g/mol. The Morgan fingerprint density at radius 1 is 1.16 bits per heavy atom. The Morgan fingerprint density at radius 2 is 1.84 bits per heavy atom. The standard InChI is InChI=1S/C19H17F3N4O4S/c20-19(21,22)12-5-6-16(25-7-9-30-10-8-25)14(11-12)23-18(31)24-17(27)13-3-1-2-4-15(13)26(28)29/h1-6,11H,7-10H2,(H2,23,24,27,31). The summed E-state index contributed by atoms with van der Waals surface area (Å²) in [5.41, 5.74) is -1.03. The smallest absolute Gasteiger partial charge is 0.378 e. The molecule has 12 heteroatoms. The van der Waals surface area contributed by atoms with E-state index in [1.165, 1.54) is 24.3 Å². The fraction of sp³-hybridized carbons (Fsp3) is 0.263. The van der Waals surface area contributed by atoms with Gasteiger partial charge in [-0.15, -0.1) is 0 Å². The van der Waals surface area contributed by atoms with Gasteiger partial charge in [0.1, 0.15) is 5.56 Å². The van der Waals surface area contributed by atoms with Crippen LogP contribution < -0.4 is 15.5 Å². The summed E-state index contributed by atoms with van der Waals surface area (Å²) in [4.78, 5) is 24.7. The summed E-state index contributed by atoms with van der Waals surface area (Å²) in [5.74, 6) is -0.857. The average molecular weight is 454 g/mol. The third-order valence-electron chi connectivity index (χ3n) is 4.50. The van der Waals surface area contributed by atoms with E-state index < -0.39 is 28.3 Å². The summed E-state index contributed by atoms with van der Waals surface area (Å²) in [6, 6.07) is 8.45. The fourth-order valence-electron chi connectivity index (χ4n) is 3.04. The van der Waals surface area contributed by atoms with Crippen LogP contribution in [0.1, 0.15) is 15.9 Å². The molecule has 1 saturated heterocycles. The van der Waals surface area contributed by atoms with Crippen molar-refractivity contribution < 1.29 is 27.6 Å². The molecule has 8 nitrogen and oxygen atoms in total. The molecule has 31 heavy (non-hydrogen) atoms. The number of hydrogen-bond donors (Lipinski definition) is 2. The van der Waals surface area contributed by atoms with Gasteiger partial charge in [0, 0.05) is 19.2 Å². The number of alkyl halides is 3. The molecule has 0 spiro atoms. The summed E-state index contributed by atoms with van der Waals surface area (Å²) in [7, 11) is 0. The molecule has 3 rings (SSSR count). The van der Waals surface area contributed by atoms with Gasteiger partial charge in [0.25, 0.3) is 11.6 Å². The van der Waals surface area contributed by atoms with Crippen LogP contribution in [0.4, 0.5) is 30.2 Å². The van der Waals surface area contributed by atoms with Crippen LogP contribution in [0.25, 0.3) is 0 Å². The molecule has 1 amide bonds. The number of carbonyl (C=O) groups excluding carboxylic acids is 1. The van der Waals surface area contributed by atoms with Crippen molar-refractivity contribution in [3.63, 3.8) is 0 Å². The number of morpholine rings is 1. The molecule has 2 aromatic carbocycles. The summed E-state index contributed by atoms with van der Waals surface area (Å²) in [6.07, 6.45) is -4.57. The Kier molecular flexibility index (Phi) is 6.71. The molecule has 1 aliphatic heterocycles. The fourth-order valence-corrected chi connectivity index (χ4v) is 3.24. The number of nitrogens with zero attached hydrogens (tertiary/aromatic N) is 2. The predicted molar refractivity (Wildman–Crippen MR) is 111 cm³/mol. The van der Waals surface area contributed by atoms with E-state index in [1.54, 1.807) is 0 Å². The lowest BCUT2D eigenvalue weighted by atomic mass is 10.1. The van der Waals surface area contributed by atoms with Gasteiger partial charge in [-0.25, -0.2) is 0 Å². The third-order valence-corrected chi connectivity index (χ3v) is 4.70. The van der Waals surface area contributed by atoms with Crippen LogP contribution in [0.3, 0.4) is 0 Å². The van der Waals surface area contributed by atoms with Gasteiger partial charge >= 0.3 is 6.18 Å². The average Bonchev–Trinajstić information content (AvgIpc) is 2.73. The Morgan fingerprint density at radius 3 is 2.48 bits per heavy atom. The van der Waals surface area contributed by atoms with E-state index in [2.05, 4.69) is 10.6 Å². The third kappa shape index (κ3) is 5.47. The predicted octanol–water partition coefficient (Wildman–Crippen LogP) is 3.58. The van der Waals surface area contributed by atoms with Gasteiger partial charge in [-0.2, -0.15) is 13.2 Å². The maximum atomic E-state index is 13.2. The number of hydrogen-bond acceptors (Lipinski definition) is 6. The molecular formula is C19H17F3N4O4S. The van der Waals surface area contributed by atoms with Gasteiger partial charge < -0.3 is 15.0 Å². The molecule has 0 bridgehead atoms. The first-order chi connectivity index (χ1) is 14.7. The Bertz CT molecular complexity index is 1010. The zero-order valence-electron chi connectivity index (χ0n) is 15.9. The Labute approximate surface area is 180 Å². The number of carbonyl (C=O) groups is 1. The molecule has 2 aromatic rings. The lowest BCUT2D eigenvalue weighted by Crippen LogP contribution is -2.38. The number of nitrogens with one attached hydrogen (secondary N) is 2. The second-order valence-corrected chi connectivity index (χ2v) is 6.92. The summed E-state index contributed by atoms with van der Waals surface area (Å²) in [5, 5.41) is 15.7. The SMILES string of the molecule is O=C(NC(=S)Nc1cc(C(F)(F)F)ccc1N1CCOCC1)c1ccccc1[N+](=O)[O-]. The molecule has 1 heterocycles. The Hall–Kier alpha value is -3.25. The van der Waals surface area contributed by atoms with E-state index in [1.807, 2.05) is 4.90 Å². The molecule has 0 radical (unpaired) electrons. The number of para-hydroxylation sites is 1. The number of nitro benzene ring substituents is 1. The van der Waals surface area contributed by atoms with Crippen LogP contribution in [0.15, 0.2) is 42.5 Å². The van der Waals surface area contributed by atoms with Gasteiger partial charge in [0.05, 0.1) is 35.1 Å². The van der Waals surface area contributed by atoms with E-state index in [0.717, 1.165) is 18.2 Å². The van der Waals surface area contributed by atoms with Gasteiger partial charge in [-0.05, 0) is 36.5 Å². The number of benzene rings is 2. The second-order valence-electron chi connectivity index (χ2n) is 6.51. The first-order valence-corrected chi connectivity index (χ1v) is 9.47. The van der Waals surface area contributed by atoms with E-state index >= 15 is 0 Å². The number of anilines is 2. The molecule has 0 aliphatic carbocycles. The maximum Gasteiger partial charge on any atom is 0.416 e. The lowest BCUT2D eigenvalue weighted by molar-refractivity contribution is -0.385. The summed E-state index contributed by atoms with van der Waals surface area (Å²) < 4.78 is 44.9. The highest BCUT2D eigenvalue weighted by Gasteiger charge is 2.32. The van der Waals surface area contributed by atoms with Crippen molar-refractivity contribution in [3.05, 3.63) is 63.7 Å². The van der Waals surface area contributed by atoms with Crippen molar-refractivity contribution >= 4 is 40.3 Å². The minimum Gasteiger partial charge on any atom is -0.378 e. The van der Waals surface area contributed by atoms with Crippen LogP contribution >= 0.6 is 12.2 Å².